The fourth-order valence-electron chi connectivity index (χ4n) is 3.16. The molecule has 3 rings (SSSR count). The Kier molecular flexibility index (Phi) is 10.3. The van der Waals surface area contributed by atoms with Gasteiger partial charge in [-0.2, -0.15) is 0 Å². The Morgan fingerprint density at radius 2 is 1.61 bits per heavy atom. The summed E-state index contributed by atoms with van der Waals surface area (Å²) in [6.07, 6.45) is 0.984. The minimum atomic E-state index is 0. The molecular weight excluding hydrogens is 463 g/mol. The Bertz CT molecular complexity index is 700. The first-order valence-corrected chi connectivity index (χ1v) is 9.70. The van der Waals surface area contributed by atoms with Crippen LogP contribution in [0.25, 0.3) is 0 Å². The highest BCUT2D eigenvalue weighted by atomic mass is 127. The molecule has 1 aliphatic rings. The molecule has 2 aromatic carbocycles. The number of aliphatic imine (C=N–C) groups is 1. The van der Waals surface area contributed by atoms with E-state index in [1.165, 1.54) is 16.7 Å². The van der Waals surface area contributed by atoms with Gasteiger partial charge in [-0.15, -0.1) is 24.0 Å². The summed E-state index contributed by atoms with van der Waals surface area (Å²) < 4.78 is 5.41. The number of morpholine rings is 1. The van der Waals surface area contributed by atoms with E-state index in [1.807, 2.05) is 13.1 Å². The lowest BCUT2D eigenvalue weighted by Gasteiger charge is -2.26. The van der Waals surface area contributed by atoms with Gasteiger partial charge in [0.05, 0.1) is 13.2 Å². The number of hydrogen-bond donors (Lipinski definition) is 2. The van der Waals surface area contributed by atoms with Crippen LogP contribution in [0.5, 0.6) is 0 Å². The van der Waals surface area contributed by atoms with Gasteiger partial charge in [-0.05, 0) is 23.1 Å². The van der Waals surface area contributed by atoms with Crippen LogP contribution in [-0.2, 0) is 24.2 Å². The zero-order valence-corrected chi connectivity index (χ0v) is 18.9. The molecule has 0 atom stereocenters. The molecule has 0 radical (unpaired) electrons. The third-order valence-electron chi connectivity index (χ3n) is 4.77. The molecule has 1 saturated heterocycles. The number of halogens is 1. The van der Waals surface area contributed by atoms with Crippen molar-refractivity contribution in [3.63, 3.8) is 0 Å². The lowest BCUT2D eigenvalue weighted by atomic mass is 10.1. The van der Waals surface area contributed by atoms with Gasteiger partial charge in [-0.1, -0.05) is 54.6 Å². The molecule has 0 spiro atoms. The number of guanidine groups is 1. The Hall–Kier alpha value is -1.64. The average molecular weight is 494 g/mol. The first kappa shape index (κ1) is 22.6. The molecule has 0 aliphatic carbocycles. The zero-order valence-electron chi connectivity index (χ0n) is 16.6. The number of nitrogens with zero attached hydrogens (tertiary/aromatic N) is 2. The van der Waals surface area contributed by atoms with Gasteiger partial charge in [-0.25, -0.2) is 0 Å². The zero-order chi connectivity index (χ0) is 18.7. The van der Waals surface area contributed by atoms with Gasteiger partial charge in [0.1, 0.15) is 0 Å². The van der Waals surface area contributed by atoms with Crippen LogP contribution in [0.4, 0.5) is 0 Å². The lowest BCUT2D eigenvalue weighted by molar-refractivity contribution is 0.0342. The largest absolute Gasteiger partial charge is 0.379 e. The maximum atomic E-state index is 5.41. The Balaban J connectivity index is 0.00000280. The van der Waals surface area contributed by atoms with Crippen LogP contribution in [-0.4, -0.2) is 50.8 Å². The second kappa shape index (κ2) is 12.7. The summed E-state index contributed by atoms with van der Waals surface area (Å²) in [5, 5.41) is 6.76. The van der Waals surface area contributed by atoms with Crippen molar-refractivity contribution in [2.75, 3.05) is 39.9 Å². The van der Waals surface area contributed by atoms with E-state index in [-0.39, 0.29) is 24.0 Å². The second-order valence-electron chi connectivity index (χ2n) is 6.79. The Morgan fingerprint density at radius 1 is 0.929 bits per heavy atom. The van der Waals surface area contributed by atoms with Crippen LogP contribution in [0, 0.1) is 0 Å². The van der Waals surface area contributed by atoms with Crippen molar-refractivity contribution in [3.8, 4) is 0 Å². The smallest absolute Gasteiger partial charge is 0.191 e. The van der Waals surface area contributed by atoms with Crippen LogP contribution in [0.1, 0.15) is 16.7 Å². The van der Waals surface area contributed by atoms with E-state index in [4.69, 9.17) is 4.74 Å². The van der Waals surface area contributed by atoms with Gasteiger partial charge in [0, 0.05) is 39.8 Å². The van der Waals surface area contributed by atoms with Crippen LogP contribution in [0.3, 0.4) is 0 Å². The van der Waals surface area contributed by atoms with Gasteiger partial charge in [-0.3, -0.25) is 9.89 Å². The third kappa shape index (κ3) is 7.77. The quantitative estimate of drug-likeness (QED) is 0.353. The van der Waals surface area contributed by atoms with Crippen LogP contribution < -0.4 is 10.6 Å². The maximum absolute atomic E-state index is 5.41. The highest BCUT2D eigenvalue weighted by molar-refractivity contribution is 14.0. The molecule has 0 amide bonds. The summed E-state index contributed by atoms with van der Waals surface area (Å²) in [6, 6.07) is 19.3. The minimum Gasteiger partial charge on any atom is -0.379 e. The fraction of sp³-hybridized carbons (Fsp3) is 0.409. The molecule has 1 fully saturated rings. The van der Waals surface area contributed by atoms with E-state index in [0.717, 1.165) is 58.3 Å². The summed E-state index contributed by atoms with van der Waals surface area (Å²) in [5.74, 6) is 0.836. The lowest BCUT2D eigenvalue weighted by Crippen LogP contribution is -2.37. The highest BCUT2D eigenvalue weighted by Gasteiger charge is 2.10. The van der Waals surface area contributed by atoms with Crippen molar-refractivity contribution in [2.45, 2.75) is 19.5 Å². The van der Waals surface area contributed by atoms with Crippen molar-refractivity contribution in [1.82, 2.24) is 15.5 Å². The molecular formula is C22H31IN4O. The number of rotatable bonds is 7. The predicted octanol–water partition coefficient (Wildman–Crippen LogP) is 3.04. The number of ether oxygens (including phenoxy) is 1. The number of benzene rings is 2. The Morgan fingerprint density at radius 3 is 2.29 bits per heavy atom. The van der Waals surface area contributed by atoms with Gasteiger partial charge in [0.25, 0.3) is 0 Å². The first-order chi connectivity index (χ1) is 13.3. The van der Waals surface area contributed by atoms with E-state index < -0.39 is 0 Å². The maximum Gasteiger partial charge on any atom is 0.191 e. The number of hydrogen-bond acceptors (Lipinski definition) is 3. The van der Waals surface area contributed by atoms with Crippen molar-refractivity contribution in [3.05, 3.63) is 71.3 Å². The molecule has 2 N–H and O–H groups in total. The fourth-order valence-corrected chi connectivity index (χ4v) is 3.16. The van der Waals surface area contributed by atoms with Crippen LogP contribution in [0.15, 0.2) is 59.6 Å². The van der Waals surface area contributed by atoms with E-state index in [0.29, 0.717) is 0 Å². The SMILES string of the molecule is CN=C(NCCc1ccccc1)NCc1ccc(CN2CCOCC2)cc1.I. The summed E-state index contributed by atoms with van der Waals surface area (Å²) in [4.78, 5) is 6.74. The van der Waals surface area contributed by atoms with E-state index in [1.54, 1.807) is 0 Å². The monoisotopic (exact) mass is 494 g/mol. The van der Waals surface area contributed by atoms with Crippen molar-refractivity contribution in [2.24, 2.45) is 4.99 Å². The predicted molar refractivity (Wildman–Crippen MR) is 126 cm³/mol. The second-order valence-corrected chi connectivity index (χ2v) is 6.79. The normalized spacial score (nSPS) is 15.0. The summed E-state index contributed by atoms with van der Waals surface area (Å²) in [6.45, 7) is 6.37. The van der Waals surface area contributed by atoms with Crippen LogP contribution in [0.2, 0.25) is 0 Å². The molecule has 1 heterocycles. The topological polar surface area (TPSA) is 48.9 Å². The van der Waals surface area contributed by atoms with Crippen molar-refractivity contribution in [1.29, 1.82) is 0 Å². The molecule has 5 nitrogen and oxygen atoms in total. The Labute approximate surface area is 185 Å². The van der Waals surface area contributed by atoms with E-state index in [2.05, 4.69) is 69.1 Å². The summed E-state index contributed by atoms with van der Waals surface area (Å²) in [7, 11) is 1.81. The molecule has 28 heavy (non-hydrogen) atoms. The molecule has 0 aromatic heterocycles. The van der Waals surface area contributed by atoms with Crippen LogP contribution >= 0.6 is 24.0 Å². The summed E-state index contributed by atoms with van der Waals surface area (Å²) >= 11 is 0. The third-order valence-corrected chi connectivity index (χ3v) is 4.77. The molecule has 6 heteroatoms. The van der Waals surface area contributed by atoms with Crippen molar-refractivity contribution >= 4 is 29.9 Å². The molecule has 152 valence electrons. The van der Waals surface area contributed by atoms with E-state index in [9.17, 15) is 0 Å². The minimum absolute atomic E-state index is 0. The molecule has 0 bridgehead atoms. The highest BCUT2D eigenvalue weighted by Crippen LogP contribution is 2.09. The molecule has 0 unspecified atom stereocenters. The molecule has 2 aromatic rings. The van der Waals surface area contributed by atoms with Gasteiger partial charge in [0.15, 0.2) is 5.96 Å². The molecule has 1 aliphatic heterocycles. The average Bonchev–Trinajstić information content (AvgIpc) is 2.73. The standard InChI is InChI=1S/C22H30N4O.HI/c1-23-22(24-12-11-19-5-3-2-4-6-19)25-17-20-7-9-21(10-8-20)18-26-13-15-27-16-14-26;/h2-10H,11-18H2,1H3,(H2,23,24,25);1H. The van der Waals surface area contributed by atoms with Gasteiger partial charge in [0.2, 0.25) is 0 Å². The molecule has 0 saturated carbocycles. The number of nitrogens with one attached hydrogen (secondary N) is 2. The summed E-state index contributed by atoms with van der Waals surface area (Å²) in [5.41, 5.74) is 3.94. The van der Waals surface area contributed by atoms with Crippen molar-refractivity contribution < 1.29 is 4.74 Å². The van der Waals surface area contributed by atoms with E-state index >= 15 is 0 Å². The van der Waals surface area contributed by atoms with Gasteiger partial charge < -0.3 is 15.4 Å². The van der Waals surface area contributed by atoms with Gasteiger partial charge >= 0.3 is 0 Å². The first-order valence-electron chi connectivity index (χ1n) is 9.70.